The van der Waals surface area contributed by atoms with Gasteiger partial charge in [0.15, 0.2) is 0 Å². The second-order valence-corrected chi connectivity index (χ2v) is 4.01. The number of nitrogens with two attached hydrogens (primary N) is 1. The summed E-state index contributed by atoms with van der Waals surface area (Å²) in [5.41, 5.74) is 6.26. The fourth-order valence-electron chi connectivity index (χ4n) is 1.44. The van der Waals surface area contributed by atoms with Crippen molar-refractivity contribution in [1.29, 1.82) is 0 Å². The number of pyridine rings is 1. The van der Waals surface area contributed by atoms with Crippen molar-refractivity contribution < 1.29 is 13.5 Å². The van der Waals surface area contributed by atoms with Crippen LogP contribution in [0.1, 0.15) is 0 Å². The van der Waals surface area contributed by atoms with E-state index in [0.29, 0.717) is 17.2 Å². The topological polar surface area (TPSA) is 60.2 Å². The standard InChI is InChI=1S/C12H10ClF2N3O/c13-8-5-7(16)6-17-11(8)18-9-3-1-2-4-10(9)19-12(14)15/h1-6,12H,16H2,(H,17,18). The molecule has 3 N–H and O–H groups in total. The van der Waals surface area contributed by atoms with Crippen molar-refractivity contribution in [3.63, 3.8) is 0 Å². The lowest BCUT2D eigenvalue weighted by atomic mass is 10.3. The first-order valence-corrected chi connectivity index (χ1v) is 5.66. The number of anilines is 3. The summed E-state index contributed by atoms with van der Waals surface area (Å²) in [4.78, 5) is 3.98. The number of ether oxygens (including phenoxy) is 1. The predicted octanol–water partition coefficient (Wildman–Crippen LogP) is 3.66. The highest BCUT2D eigenvalue weighted by Crippen LogP contribution is 2.31. The summed E-state index contributed by atoms with van der Waals surface area (Å²) in [6.45, 7) is -2.90. The van der Waals surface area contributed by atoms with Crippen LogP contribution in [0.2, 0.25) is 5.02 Å². The molecule has 0 amide bonds. The van der Waals surface area contributed by atoms with E-state index >= 15 is 0 Å². The van der Waals surface area contributed by atoms with Crippen LogP contribution in [0.15, 0.2) is 36.5 Å². The molecule has 0 atom stereocenters. The molecular weight excluding hydrogens is 276 g/mol. The van der Waals surface area contributed by atoms with Crippen LogP contribution in [0.25, 0.3) is 0 Å². The lowest BCUT2D eigenvalue weighted by Gasteiger charge is -2.12. The summed E-state index contributed by atoms with van der Waals surface area (Å²) >= 11 is 5.94. The second-order valence-electron chi connectivity index (χ2n) is 3.60. The van der Waals surface area contributed by atoms with E-state index in [9.17, 15) is 8.78 Å². The molecule has 2 aromatic rings. The van der Waals surface area contributed by atoms with Gasteiger partial charge in [0, 0.05) is 0 Å². The van der Waals surface area contributed by atoms with E-state index in [1.165, 1.54) is 18.3 Å². The zero-order valence-corrected chi connectivity index (χ0v) is 10.4. The Hall–Kier alpha value is -2.08. The molecule has 0 saturated carbocycles. The SMILES string of the molecule is Nc1cnc(Nc2ccccc2OC(F)F)c(Cl)c1. The molecule has 0 fully saturated rings. The van der Waals surface area contributed by atoms with Crippen LogP contribution < -0.4 is 15.8 Å². The average Bonchev–Trinajstić information content (AvgIpc) is 2.34. The number of hydrogen-bond donors (Lipinski definition) is 2. The van der Waals surface area contributed by atoms with Crippen LogP contribution in [0.5, 0.6) is 5.75 Å². The largest absolute Gasteiger partial charge is 0.433 e. The normalized spacial score (nSPS) is 10.5. The van der Waals surface area contributed by atoms with Crippen molar-refractivity contribution in [2.24, 2.45) is 0 Å². The molecule has 1 aromatic carbocycles. The summed E-state index contributed by atoms with van der Waals surface area (Å²) in [7, 11) is 0. The minimum absolute atomic E-state index is 0.00666. The Morgan fingerprint density at radius 2 is 2.05 bits per heavy atom. The number of para-hydroxylation sites is 2. The first kappa shape index (κ1) is 13.4. The number of nitrogen functional groups attached to an aromatic ring is 1. The van der Waals surface area contributed by atoms with E-state index in [0.717, 1.165) is 0 Å². The maximum Gasteiger partial charge on any atom is 0.387 e. The Morgan fingerprint density at radius 3 is 2.74 bits per heavy atom. The van der Waals surface area contributed by atoms with Gasteiger partial charge >= 0.3 is 6.61 Å². The van der Waals surface area contributed by atoms with Gasteiger partial charge in [-0.05, 0) is 18.2 Å². The van der Waals surface area contributed by atoms with E-state index in [4.69, 9.17) is 17.3 Å². The molecule has 0 saturated heterocycles. The molecule has 0 aliphatic carbocycles. The van der Waals surface area contributed by atoms with E-state index in [1.807, 2.05) is 0 Å². The van der Waals surface area contributed by atoms with Gasteiger partial charge in [-0.25, -0.2) is 4.98 Å². The Morgan fingerprint density at radius 1 is 1.32 bits per heavy atom. The third kappa shape index (κ3) is 3.45. The van der Waals surface area contributed by atoms with E-state index in [2.05, 4.69) is 15.0 Å². The lowest BCUT2D eigenvalue weighted by Crippen LogP contribution is -2.05. The molecule has 0 unspecified atom stereocenters. The molecule has 0 radical (unpaired) electrons. The molecular formula is C12H10ClF2N3O. The number of aromatic nitrogens is 1. The molecule has 19 heavy (non-hydrogen) atoms. The zero-order valence-electron chi connectivity index (χ0n) is 9.61. The summed E-state index contributed by atoms with van der Waals surface area (Å²) in [6, 6.07) is 7.76. The molecule has 2 rings (SSSR count). The monoisotopic (exact) mass is 285 g/mol. The molecule has 0 aliphatic rings. The van der Waals surface area contributed by atoms with E-state index in [1.54, 1.807) is 18.2 Å². The Bertz CT molecular complexity index is 581. The lowest BCUT2D eigenvalue weighted by molar-refractivity contribution is -0.0493. The van der Waals surface area contributed by atoms with Crippen molar-refractivity contribution in [3.8, 4) is 5.75 Å². The first-order valence-electron chi connectivity index (χ1n) is 5.28. The summed E-state index contributed by atoms with van der Waals surface area (Å²) in [5, 5.41) is 3.10. The van der Waals surface area contributed by atoms with Crippen molar-refractivity contribution in [3.05, 3.63) is 41.6 Å². The highest BCUT2D eigenvalue weighted by Gasteiger charge is 2.11. The smallest absolute Gasteiger partial charge is 0.387 e. The molecule has 7 heteroatoms. The molecule has 1 heterocycles. The van der Waals surface area contributed by atoms with Gasteiger partial charge in [0.25, 0.3) is 0 Å². The van der Waals surface area contributed by atoms with Crippen LogP contribution >= 0.6 is 11.6 Å². The number of alkyl halides is 2. The average molecular weight is 286 g/mol. The predicted molar refractivity (Wildman–Crippen MR) is 70.0 cm³/mol. The van der Waals surface area contributed by atoms with Gasteiger partial charge in [-0.15, -0.1) is 0 Å². The highest BCUT2D eigenvalue weighted by molar-refractivity contribution is 6.33. The zero-order chi connectivity index (χ0) is 13.8. The Kier molecular flexibility index (Phi) is 4.01. The quantitative estimate of drug-likeness (QED) is 0.900. The third-order valence-electron chi connectivity index (χ3n) is 2.22. The molecule has 0 spiro atoms. The molecule has 1 aromatic heterocycles. The minimum atomic E-state index is -2.90. The van der Waals surface area contributed by atoms with Gasteiger partial charge < -0.3 is 15.8 Å². The Labute approximate surface area is 113 Å². The fraction of sp³-hybridized carbons (Fsp3) is 0.0833. The number of nitrogens with one attached hydrogen (secondary N) is 1. The number of nitrogens with zero attached hydrogens (tertiary/aromatic N) is 1. The molecule has 100 valence electrons. The Balaban J connectivity index is 2.27. The van der Waals surface area contributed by atoms with E-state index < -0.39 is 6.61 Å². The third-order valence-corrected chi connectivity index (χ3v) is 2.51. The highest BCUT2D eigenvalue weighted by atomic mass is 35.5. The molecule has 0 bridgehead atoms. The summed E-state index contributed by atoms with van der Waals surface area (Å²) in [6.07, 6.45) is 1.41. The number of halogens is 3. The fourth-order valence-corrected chi connectivity index (χ4v) is 1.66. The van der Waals surface area contributed by atoms with Crippen LogP contribution in [-0.4, -0.2) is 11.6 Å². The molecule has 4 nitrogen and oxygen atoms in total. The van der Waals surface area contributed by atoms with Gasteiger partial charge in [-0.3, -0.25) is 0 Å². The minimum Gasteiger partial charge on any atom is -0.433 e. The summed E-state index contributed by atoms with van der Waals surface area (Å²) in [5.74, 6) is 0.313. The van der Waals surface area contributed by atoms with Crippen molar-refractivity contribution >= 4 is 28.8 Å². The van der Waals surface area contributed by atoms with E-state index in [-0.39, 0.29) is 10.8 Å². The number of benzene rings is 1. The van der Waals surface area contributed by atoms with Gasteiger partial charge in [0.2, 0.25) is 0 Å². The second kappa shape index (κ2) is 5.71. The molecule has 0 aliphatic heterocycles. The van der Waals surface area contributed by atoms with Gasteiger partial charge in [-0.2, -0.15) is 8.78 Å². The van der Waals surface area contributed by atoms with Crippen molar-refractivity contribution in [1.82, 2.24) is 4.98 Å². The van der Waals surface area contributed by atoms with Gasteiger partial charge in [-0.1, -0.05) is 23.7 Å². The summed E-state index contributed by atoms with van der Waals surface area (Å²) < 4.78 is 28.9. The van der Waals surface area contributed by atoms with Gasteiger partial charge in [0.1, 0.15) is 11.6 Å². The van der Waals surface area contributed by atoms with Crippen LogP contribution in [-0.2, 0) is 0 Å². The van der Waals surface area contributed by atoms with Crippen molar-refractivity contribution in [2.75, 3.05) is 11.1 Å². The van der Waals surface area contributed by atoms with Crippen LogP contribution in [0.4, 0.5) is 26.0 Å². The van der Waals surface area contributed by atoms with Crippen molar-refractivity contribution in [2.45, 2.75) is 6.61 Å². The maximum absolute atomic E-state index is 12.3. The first-order chi connectivity index (χ1) is 9.06. The van der Waals surface area contributed by atoms with Crippen LogP contribution in [0.3, 0.4) is 0 Å². The van der Waals surface area contributed by atoms with Crippen LogP contribution in [0, 0.1) is 0 Å². The van der Waals surface area contributed by atoms with Gasteiger partial charge in [0.05, 0.1) is 22.6 Å². The maximum atomic E-state index is 12.3. The number of hydrogen-bond acceptors (Lipinski definition) is 4. The number of rotatable bonds is 4.